The average Bonchev–Trinajstić information content (AvgIpc) is 3.11. The van der Waals surface area contributed by atoms with Gasteiger partial charge in [-0.2, -0.15) is 5.10 Å². The number of benzene rings is 1. The molecular weight excluding hydrogens is 250 g/mol. The minimum atomic E-state index is 0.426. The maximum atomic E-state index is 4.21. The Kier molecular flexibility index (Phi) is 3.97. The van der Waals surface area contributed by atoms with Crippen LogP contribution in [0, 0.1) is 0 Å². The molecule has 0 amide bonds. The first-order valence-corrected chi connectivity index (χ1v) is 7.27. The van der Waals surface area contributed by atoms with Gasteiger partial charge >= 0.3 is 0 Å². The first-order chi connectivity index (χ1) is 9.83. The number of hydrogen-bond donors (Lipinski definition) is 2. The van der Waals surface area contributed by atoms with Crippen molar-refractivity contribution in [3.8, 4) is 5.69 Å². The van der Waals surface area contributed by atoms with Crippen molar-refractivity contribution in [2.45, 2.75) is 38.3 Å². The molecule has 0 aliphatic carbocycles. The van der Waals surface area contributed by atoms with Crippen molar-refractivity contribution in [3.63, 3.8) is 0 Å². The van der Waals surface area contributed by atoms with Crippen LogP contribution in [-0.4, -0.2) is 33.4 Å². The summed E-state index contributed by atoms with van der Waals surface area (Å²) in [6.45, 7) is 3.39. The summed E-state index contributed by atoms with van der Waals surface area (Å²) in [4.78, 5) is 4.02. The molecule has 0 saturated carbocycles. The van der Waals surface area contributed by atoms with Crippen molar-refractivity contribution >= 4 is 5.69 Å². The van der Waals surface area contributed by atoms with Crippen molar-refractivity contribution in [2.75, 3.05) is 11.9 Å². The van der Waals surface area contributed by atoms with Gasteiger partial charge in [-0.3, -0.25) is 0 Å². The highest BCUT2D eigenvalue weighted by atomic mass is 15.3. The molecule has 2 N–H and O–H groups in total. The average molecular weight is 271 g/mol. The zero-order valence-corrected chi connectivity index (χ0v) is 11.8. The van der Waals surface area contributed by atoms with E-state index in [9.17, 15) is 0 Å². The van der Waals surface area contributed by atoms with Crippen LogP contribution >= 0.6 is 0 Å². The van der Waals surface area contributed by atoms with Crippen LogP contribution < -0.4 is 10.6 Å². The third-order valence-electron chi connectivity index (χ3n) is 3.77. The second-order valence-electron chi connectivity index (χ2n) is 5.43. The molecule has 1 aliphatic rings. The van der Waals surface area contributed by atoms with E-state index in [1.807, 2.05) is 12.1 Å². The Labute approximate surface area is 119 Å². The van der Waals surface area contributed by atoms with E-state index >= 15 is 0 Å². The predicted molar refractivity (Wildman–Crippen MR) is 80.1 cm³/mol. The minimum Gasteiger partial charge on any atom is -0.381 e. The van der Waals surface area contributed by atoms with Gasteiger partial charge < -0.3 is 10.6 Å². The SMILES string of the molecule is CC(CC1CCCN1)Nc1ccccc1-n1cncn1. The summed E-state index contributed by atoms with van der Waals surface area (Å²) in [5.41, 5.74) is 2.14. The summed E-state index contributed by atoms with van der Waals surface area (Å²) in [6.07, 6.45) is 7.02. The van der Waals surface area contributed by atoms with Crippen molar-refractivity contribution in [2.24, 2.45) is 0 Å². The Morgan fingerprint density at radius 1 is 1.45 bits per heavy atom. The fourth-order valence-electron chi connectivity index (χ4n) is 2.84. The molecule has 1 aromatic heterocycles. The van der Waals surface area contributed by atoms with Gasteiger partial charge in [0.2, 0.25) is 0 Å². The molecule has 1 aromatic carbocycles. The summed E-state index contributed by atoms with van der Waals surface area (Å²) >= 11 is 0. The molecule has 2 unspecified atom stereocenters. The highest BCUT2D eigenvalue weighted by molar-refractivity contribution is 5.60. The van der Waals surface area contributed by atoms with Gasteiger partial charge in [-0.1, -0.05) is 12.1 Å². The first kappa shape index (κ1) is 13.1. The van der Waals surface area contributed by atoms with E-state index in [1.165, 1.54) is 12.8 Å². The molecule has 0 radical (unpaired) electrons. The van der Waals surface area contributed by atoms with Crippen molar-refractivity contribution in [1.82, 2.24) is 20.1 Å². The second kappa shape index (κ2) is 6.05. The Morgan fingerprint density at radius 3 is 3.10 bits per heavy atom. The number of rotatable bonds is 5. The predicted octanol–water partition coefficient (Wildman–Crippen LogP) is 2.21. The normalized spacial score (nSPS) is 19.9. The standard InChI is InChI=1S/C15H21N5/c1-12(9-13-5-4-8-17-13)19-14-6-2-3-7-15(14)20-11-16-10-18-20/h2-3,6-7,10-13,17,19H,4-5,8-9H2,1H3. The molecule has 1 saturated heterocycles. The summed E-state index contributed by atoms with van der Waals surface area (Å²) in [5, 5.41) is 11.4. The molecule has 1 fully saturated rings. The van der Waals surface area contributed by atoms with Gasteiger partial charge in [-0.25, -0.2) is 9.67 Å². The van der Waals surface area contributed by atoms with E-state index in [2.05, 4.69) is 39.8 Å². The van der Waals surface area contributed by atoms with Crippen LogP contribution in [0.5, 0.6) is 0 Å². The lowest BCUT2D eigenvalue weighted by Crippen LogP contribution is -2.29. The zero-order chi connectivity index (χ0) is 13.8. The van der Waals surface area contributed by atoms with E-state index in [-0.39, 0.29) is 0 Å². The third-order valence-corrected chi connectivity index (χ3v) is 3.77. The van der Waals surface area contributed by atoms with Gasteiger partial charge in [0.25, 0.3) is 0 Å². The molecule has 2 heterocycles. The number of para-hydroxylation sites is 2. The molecule has 5 heteroatoms. The molecule has 5 nitrogen and oxygen atoms in total. The van der Waals surface area contributed by atoms with Crippen LogP contribution in [0.2, 0.25) is 0 Å². The molecular formula is C15H21N5. The maximum Gasteiger partial charge on any atom is 0.138 e. The molecule has 0 bridgehead atoms. The molecule has 1 aliphatic heterocycles. The minimum absolute atomic E-state index is 0.426. The van der Waals surface area contributed by atoms with Gasteiger partial charge in [0.15, 0.2) is 0 Å². The van der Waals surface area contributed by atoms with Crippen LogP contribution in [0.3, 0.4) is 0 Å². The van der Waals surface area contributed by atoms with Gasteiger partial charge in [-0.05, 0) is 44.9 Å². The van der Waals surface area contributed by atoms with Gasteiger partial charge in [0, 0.05) is 12.1 Å². The van der Waals surface area contributed by atoms with E-state index in [0.717, 1.165) is 24.3 Å². The van der Waals surface area contributed by atoms with Crippen molar-refractivity contribution < 1.29 is 0 Å². The molecule has 2 atom stereocenters. The summed E-state index contributed by atoms with van der Waals surface area (Å²) in [7, 11) is 0. The summed E-state index contributed by atoms with van der Waals surface area (Å²) in [5.74, 6) is 0. The number of aromatic nitrogens is 3. The molecule has 106 valence electrons. The number of nitrogens with zero attached hydrogens (tertiary/aromatic N) is 3. The van der Waals surface area contributed by atoms with E-state index < -0.39 is 0 Å². The molecule has 0 spiro atoms. The Morgan fingerprint density at radius 2 is 2.35 bits per heavy atom. The monoisotopic (exact) mass is 271 g/mol. The van der Waals surface area contributed by atoms with Gasteiger partial charge in [0.05, 0.1) is 11.4 Å². The van der Waals surface area contributed by atoms with Crippen LogP contribution in [0.4, 0.5) is 5.69 Å². The van der Waals surface area contributed by atoms with Crippen LogP contribution in [0.1, 0.15) is 26.2 Å². The van der Waals surface area contributed by atoms with Crippen LogP contribution in [0.15, 0.2) is 36.9 Å². The van der Waals surface area contributed by atoms with Crippen molar-refractivity contribution in [1.29, 1.82) is 0 Å². The number of anilines is 1. The molecule has 2 aromatic rings. The van der Waals surface area contributed by atoms with Crippen LogP contribution in [0.25, 0.3) is 5.69 Å². The lowest BCUT2D eigenvalue weighted by Gasteiger charge is -2.21. The first-order valence-electron chi connectivity index (χ1n) is 7.27. The fraction of sp³-hybridized carbons (Fsp3) is 0.467. The summed E-state index contributed by atoms with van der Waals surface area (Å²) < 4.78 is 1.79. The third kappa shape index (κ3) is 2.99. The Bertz CT molecular complexity index is 531. The zero-order valence-electron chi connectivity index (χ0n) is 11.8. The maximum absolute atomic E-state index is 4.21. The van der Waals surface area contributed by atoms with E-state index in [1.54, 1.807) is 17.3 Å². The second-order valence-corrected chi connectivity index (χ2v) is 5.43. The van der Waals surface area contributed by atoms with Gasteiger partial charge in [0.1, 0.15) is 12.7 Å². The number of hydrogen-bond acceptors (Lipinski definition) is 4. The lowest BCUT2D eigenvalue weighted by molar-refractivity contribution is 0.523. The Balaban J connectivity index is 1.70. The highest BCUT2D eigenvalue weighted by Gasteiger charge is 2.17. The highest BCUT2D eigenvalue weighted by Crippen LogP contribution is 2.21. The van der Waals surface area contributed by atoms with Crippen LogP contribution in [-0.2, 0) is 0 Å². The summed E-state index contributed by atoms with van der Waals surface area (Å²) in [6, 6.07) is 9.29. The molecule has 20 heavy (non-hydrogen) atoms. The lowest BCUT2D eigenvalue weighted by atomic mass is 10.1. The molecule has 3 rings (SSSR count). The van der Waals surface area contributed by atoms with Gasteiger partial charge in [-0.15, -0.1) is 0 Å². The van der Waals surface area contributed by atoms with Crippen molar-refractivity contribution in [3.05, 3.63) is 36.9 Å². The quantitative estimate of drug-likeness (QED) is 0.875. The Hall–Kier alpha value is -1.88. The smallest absolute Gasteiger partial charge is 0.138 e. The topological polar surface area (TPSA) is 54.8 Å². The fourth-order valence-corrected chi connectivity index (χ4v) is 2.84. The number of nitrogens with one attached hydrogen (secondary N) is 2. The van der Waals surface area contributed by atoms with E-state index in [4.69, 9.17) is 0 Å². The van der Waals surface area contributed by atoms with E-state index in [0.29, 0.717) is 12.1 Å². The largest absolute Gasteiger partial charge is 0.381 e.